The molecule has 0 saturated heterocycles. The maximum atomic E-state index is 12.6. The first-order valence-electron chi connectivity index (χ1n) is 47.6. The summed E-state index contributed by atoms with van der Waals surface area (Å²) >= 11 is 4.72. The molecule has 6 saturated carbocycles. The van der Waals surface area contributed by atoms with Gasteiger partial charge in [-0.05, 0) is 372 Å². The monoisotopic (exact) mass is 1870 g/mol. The SMILES string of the molecule is COSP(I)[B]SOC(=O)NC1CCC(CC2CCC(NC(=O)OCCCCOCCCCOCCCCOCCCCOCCCCOCCCCOCCCCOCCCCOCCCCOC(=O)NC3CCC(CC4CCC(NC(=O)OCCCCCCOC(=O)NC5CCC(CC6CCC(NC(C)=O)CC6)CC5)CC4)CC3)CC2)CC1. The topological polar surface area (TPSA) is 304 Å². The van der Waals surface area contributed by atoms with Crippen LogP contribution in [0.25, 0.3) is 0 Å². The van der Waals surface area contributed by atoms with E-state index in [9.17, 15) is 28.8 Å². The van der Waals surface area contributed by atoms with E-state index >= 15 is 0 Å². The number of unbranched alkanes of at least 4 members (excludes halogenated alkanes) is 12. The zero-order valence-electron chi connectivity index (χ0n) is 74.1. The molecule has 0 spiro atoms. The fourth-order valence-corrected chi connectivity index (χ4v) is 21.9. The van der Waals surface area contributed by atoms with Crippen molar-refractivity contribution in [2.24, 2.45) is 35.5 Å². The molecule has 1 unspecified atom stereocenters. The van der Waals surface area contributed by atoms with Gasteiger partial charge in [-0.2, -0.15) is 0 Å². The highest BCUT2D eigenvalue weighted by Crippen LogP contribution is 2.58. The molecule has 0 aliphatic heterocycles. The van der Waals surface area contributed by atoms with Crippen LogP contribution in [-0.2, 0) is 70.0 Å². The maximum absolute atomic E-state index is 12.6. The molecule has 120 heavy (non-hydrogen) atoms. The Hall–Kier alpha value is -2.62. The molecule has 0 aromatic carbocycles. The van der Waals surface area contributed by atoms with Crippen molar-refractivity contribution in [1.82, 2.24) is 31.9 Å². The van der Waals surface area contributed by atoms with Crippen LogP contribution in [0, 0.1) is 35.5 Å². The molecule has 695 valence electrons. The highest BCUT2D eigenvalue weighted by Gasteiger charge is 2.33. The highest BCUT2D eigenvalue weighted by atomic mass is 127. The molecule has 6 fully saturated rings. The molecule has 1 radical (unpaired) electrons. The zero-order chi connectivity index (χ0) is 85.0. The maximum Gasteiger partial charge on any atom is 0.418 e. The van der Waals surface area contributed by atoms with E-state index < -0.39 is 4.64 Å². The lowest BCUT2D eigenvalue weighted by atomic mass is 9.75. The van der Waals surface area contributed by atoms with Crippen molar-refractivity contribution in [2.75, 3.05) is 139 Å². The van der Waals surface area contributed by atoms with E-state index in [2.05, 4.69) is 53.9 Å². The van der Waals surface area contributed by atoms with Gasteiger partial charge in [-0.1, -0.05) is 0 Å². The quantitative estimate of drug-likeness (QED) is 0.00823. The number of ether oxygens (including phenoxy) is 12. The van der Waals surface area contributed by atoms with Crippen molar-refractivity contribution in [3.05, 3.63) is 0 Å². The third-order valence-electron chi connectivity index (χ3n) is 24.6. The molecule has 1 atom stereocenters. The lowest BCUT2D eigenvalue weighted by Crippen LogP contribution is -2.39. The first-order valence-corrected chi connectivity index (χ1v) is 53.9. The van der Waals surface area contributed by atoms with Gasteiger partial charge in [0.25, 0.3) is 0 Å². The molecule has 6 N–H and O–H groups in total. The van der Waals surface area contributed by atoms with Crippen molar-refractivity contribution >= 4 is 92.9 Å². The van der Waals surface area contributed by atoms with Gasteiger partial charge in [-0.3, -0.25) is 4.79 Å². The normalized spacial score (nSPS) is 23.5. The molecular formula is C89H162BIN6O20PS2. The number of rotatable bonds is 69. The minimum atomic E-state index is -0.519. The molecule has 0 aromatic heterocycles. The predicted molar refractivity (Wildman–Crippen MR) is 487 cm³/mol. The Balaban J connectivity index is 0.551. The smallest absolute Gasteiger partial charge is 0.418 e. The molecule has 0 bridgehead atoms. The summed E-state index contributed by atoms with van der Waals surface area (Å²) in [6, 6.07) is 1.28. The third kappa shape index (κ3) is 57.3. The fourth-order valence-electron chi connectivity index (χ4n) is 17.7. The minimum absolute atomic E-state index is 0.0783. The molecule has 31 heteroatoms. The summed E-state index contributed by atoms with van der Waals surface area (Å²) in [5, 5.41) is 18.5. The van der Waals surface area contributed by atoms with E-state index in [0.29, 0.717) is 76.0 Å². The van der Waals surface area contributed by atoms with E-state index in [-0.39, 0.29) is 66.6 Å². The Labute approximate surface area is 746 Å². The van der Waals surface area contributed by atoms with Crippen molar-refractivity contribution < 1.29 is 94.0 Å². The molecule has 6 rings (SSSR count). The summed E-state index contributed by atoms with van der Waals surface area (Å²) in [5.74, 6) is 4.35. The van der Waals surface area contributed by atoms with E-state index in [1.807, 2.05) is 6.28 Å². The Morgan fingerprint density at radius 3 is 0.658 bits per heavy atom. The van der Waals surface area contributed by atoms with Gasteiger partial charge in [0.05, 0.1) is 33.5 Å². The summed E-state index contributed by atoms with van der Waals surface area (Å²) in [4.78, 5) is 73.6. The highest BCUT2D eigenvalue weighted by molar-refractivity contribution is 14.2. The van der Waals surface area contributed by atoms with E-state index in [4.69, 9.17) is 65.2 Å². The van der Waals surface area contributed by atoms with Crippen LogP contribution in [0.15, 0.2) is 0 Å². The van der Waals surface area contributed by atoms with Crippen LogP contribution in [0.1, 0.15) is 322 Å². The van der Waals surface area contributed by atoms with Gasteiger partial charge in [0.1, 0.15) is 0 Å². The van der Waals surface area contributed by atoms with Gasteiger partial charge in [-0.25, -0.2) is 24.0 Å². The second-order valence-corrected chi connectivity index (χ2v) is 43.7. The second kappa shape index (κ2) is 72.3. The minimum Gasteiger partial charge on any atom is -0.450 e. The van der Waals surface area contributed by atoms with Crippen LogP contribution < -0.4 is 31.9 Å². The second-order valence-electron chi connectivity index (χ2n) is 34.7. The number of hydrogen-bond donors (Lipinski definition) is 6. The lowest BCUT2D eigenvalue weighted by molar-refractivity contribution is -0.119. The first kappa shape index (κ1) is 106. The number of amides is 6. The van der Waals surface area contributed by atoms with Gasteiger partial charge in [-0.15, -0.1) is 0 Å². The summed E-state index contributed by atoms with van der Waals surface area (Å²) in [7, 11) is 1.64. The number of nitrogens with one attached hydrogen (secondary N) is 6. The molecule has 6 aliphatic rings. The molecule has 6 aliphatic carbocycles. The lowest BCUT2D eigenvalue weighted by Gasteiger charge is -2.34. The van der Waals surface area contributed by atoms with Crippen molar-refractivity contribution in [3.63, 3.8) is 0 Å². The van der Waals surface area contributed by atoms with Crippen molar-refractivity contribution in [1.29, 1.82) is 0 Å². The predicted octanol–water partition coefficient (Wildman–Crippen LogP) is 20.2. The largest absolute Gasteiger partial charge is 0.450 e. The number of alkyl carbamates (subject to hydrolysis) is 4. The Morgan fingerprint density at radius 2 is 0.458 bits per heavy atom. The number of hydrogen-bond acceptors (Lipinski definition) is 22. The zero-order valence-corrected chi connectivity index (χ0v) is 78.8. The van der Waals surface area contributed by atoms with E-state index in [1.54, 1.807) is 14.0 Å². The van der Waals surface area contributed by atoms with Crippen molar-refractivity contribution in [2.45, 2.75) is 358 Å². The first-order chi connectivity index (χ1) is 58.8. The van der Waals surface area contributed by atoms with Crippen LogP contribution in [-0.4, -0.2) is 218 Å². The van der Waals surface area contributed by atoms with Gasteiger partial charge < -0.3 is 97.1 Å². The summed E-state index contributed by atoms with van der Waals surface area (Å²) < 4.78 is 78.3. The Kier molecular flexibility index (Phi) is 64.0. The van der Waals surface area contributed by atoms with Crippen LogP contribution >= 0.6 is 50.2 Å². The number of carbonyl (C=O) groups is 6. The average Bonchev–Trinajstić information content (AvgIpc) is 0.876. The van der Waals surface area contributed by atoms with Gasteiger partial charge in [0, 0.05) is 177 Å². The van der Waals surface area contributed by atoms with Crippen LogP contribution in [0.2, 0.25) is 0 Å². The fraction of sp³-hybridized carbons (Fsp3) is 0.933. The average molecular weight is 1870 g/mol. The standard InChI is InChI=1S/C89H162BIN6O20PS2/c1-72(98)92-79-37-25-73(26-38-79)69-74-27-39-80(40-28-74)93-85(99)113-65-5-3-4-6-66-114-86(100)94-81-41-29-75(30-42-81)70-76-31-43-82(44-32-76)95-87(101)115-67-23-21-63-111-61-19-17-59-109-57-15-13-55-107-53-11-9-51-105-49-7-8-50-106-52-10-12-54-108-56-14-16-58-110-60-18-20-62-112-64-22-24-68-116-88(102)96-83-45-33-77(34-46-83)71-78-35-47-84(48-36-78)97-89(103)117-119-90-118(91)120-104-2/h73-84H,3-71H2,1-2H3,(H,92,98)(H,93,99)(H,94,100)(H,95,101)(H,96,102)(H,97,103). The summed E-state index contributed by atoms with van der Waals surface area (Å²) in [5.41, 5.74) is 0. The molecule has 0 aromatic rings. The van der Waals surface area contributed by atoms with Gasteiger partial charge >= 0.3 is 36.7 Å². The summed E-state index contributed by atoms with van der Waals surface area (Å²) in [6.07, 6.45) is 50.7. The van der Waals surface area contributed by atoms with Crippen LogP contribution in [0.3, 0.4) is 0 Å². The third-order valence-corrected chi connectivity index (χ3v) is 31.3. The Morgan fingerprint density at radius 1 is 0.275 bits per heavy atom. The molecular weight excluding hydrogens is 1710 g/mol. The van der Waals surface area contributed by atoms with E-state index in [0.717, 1.165) is 392 Å². The Bertz CT molecular complexity index is 2540. The number of carbonyl (C=O) groups excluding carboxylic acids is 6. The van der Waals surface area contributed by atoms with E-state index in [1.165, 1.54) is 43.8 Å². The molecule has 26 nitrogen and oxygen atoms in total. The molecule has 0 heterocycles. The van der Waals surface area contributed by atoms with Crippen LogP contribution in [0.4, 0.5) is 24.0 Å². The molecule has 6 amide bonds. The van der Waals surface area contributed by atoms with Crippen LogP contribution in [0.5, 0.6) is 0 Å². The van der Waals surface area contributed by atoms with Crippen molar-refractivity contribution in [3.8, 4) is 0 Å². The van der Waals surface area contributed by atoms with Gasteiger partial charge in [0.2, 0.25) is 5.91 Å². The number of halogens is 1. The summed E-state index contributed by atoms with van der Waals surface area (Å²) in [6.45, 7) is 15.2. The van der Waals surface area contributed by atoms with Gasteiger partial charge in [0.15, 0.2) is 0 Å².